The molecular weight excluding hydrogens is 350 g/mol. The van der Waals surface area contributed by atoms with Crippen LogP contribution in [0.1, 0.15) is 12.5 Å². The van der Waals surface area contributed by atoms with Crippen LogP contribution >= 0.6 is 15.9 Å². The van der Waals surface area contributed by atoms with Gasteiger partial charge in [0.25, 0.3) is 5.91 Å². The van der Waals surface area contributed by atoms with E-state index in [0.29, 0.717) is 26.4 Å². The van der Waals surface area contributed by atoms with E-state index in [0.717, 1.165) is 28.9 Å². The zero-order chi connectivity index (χ0) is 15.8. The second-order valence-corrected chi connectivity index (χ2v) is 5.86. The first-order chi connectivity index (χ1) is 10.7. The number of benzene rings is 1. The van der Waals surface area contributed by atoms with Gasteiger partial charge in [0.1, 0.15) is 18.8 Å². The van der Waals surface area contributed by atoms with E-state index in [-0.39, 0.29) is 5.91 Å². The maximum Gasteiger partial charge on any atom is 0.295 e. The van der Waals surface area contributed by atoms with Crippen LogP contribution in [0, 0.1) is 0 Å². The summed E-state index contributed by atoms with van der Waals surface area (Å²) in [6, 6.07) is 5.67. The van der Waals surface area contributed by atoms with E-state index in [4.69, 9.17) is 9.47 Å². The van der Waals surface area contributed by atoms with Gasteiger partial charge in [-0.05, 0) is 25.1 Å². The molecule has 120 valence electrons. The highest BCUT2D eigenvalue weighted by molar-refractivity contribution is 9.10. The summed E-state index contributed by atoms with van der Waals surface area (Å²) >= 11 is 3.41. The smallest absolute Gasteiger partial charge is 0.295 e. The van der Waals surface area contributed by atoms with Crippen LogP contribution in [0.15, 0.2) is 27.8 Å². The molecule has 2 rings (SSSR count). The van der Waals surface area contributed by atoms with Crippen molar-refractivity contribution in [1.82, 2.24) is 5.43 Å². The van der Waals surface area contributed by atoms with Gasteiger partial charge in [0.15, 0.2) is 6.54 Å². The van der Waals surface area contributed by atoms with Crippen LogP contribution in [0.2, 0.25) is 0 Å². The van der Waals surface area contributed by atoms with Gasteiger partial charge in [-0.2, -0.15) is 5.10 Å². The summed E-state index contributed by atoms with van der Waals surface area (Å²) in [6.45, 7) is 6.06. The highest BCUT2D eigenvalue weighted by Crippen LogP contribution is 2.21. The summed E-state index contributed by atoms with van der Waals surface area (Å²) < 4.78 is 11.7. The van der Waals surface area contributed by atoms with Gasteiger partial charge in [-0.3, -0.25) is 4.79 Å². The second-order valence-electron chi connectivity index (χ2n) is 4.95. The first-order valence-electron chi connectivity index (χ1n) is 7.34. The molecular formula is C15H21BrN3O3+. The molecule has 0 radical (unpaired) electrons. The Balaban J connectivity index is 1.88. The molecule has 0 spiro atoms. The molecule has 1 saturated heterocycles. The number of carbonyl (C=O) groups is 1. The number of carbonyl (C=O) groups excluding carboxylic acids is 1. The predicted molar refractivity (Wildman–Crippen MR) is 87.4 cm³/mol. The molecule has 1 amide bonds. The maximum absolute atomic E-state index is 11.9. The minimum absolute atomic E-state index is 0.0962. The molecule has 1 aliphatic heterocycles. The molecule has 1 aliphatic rings. The van der Waals surface area contributed by atoms with Crippen molar-refractivity contribution in [1.29, 1.82) is 0 Å². The summed E-state index contributed by atoms with van der Waals surface area (Å²) in [5.41, 5.74) is 3.38. The lowest BCUT2D eigenvalue weighted by molar-refractivity contribution is -0.900. The average molecular weight is 371 g/mol. The number of ether oxygens (including phenoxy) is 2. The van der Waals surface area contributed by atoms with Gasteiger partial charge < -0.3 is 14.4 Å². The number of amides is 1. The summed E-state index contributed by atoms with van der Waals surface area (Å²) in [6.07, 6.45) is 1.60. The fourth-order valence-corrected chi connectivity index (χ4v) is 2.56. The van der Waals surface area contributed by atoms with Crippen molar-refractivity contribution in [2.24, 2.45) is 5.10 Å². The normalized spacial score (nSPS) is 15.9. The Labute approximate surface area is 138 Å². The number of halogens is 1. The van der Waals surface area contributed by atoms with Gasteiger partial charge in [-0.15, -0.1) is 0 Å². The predicted octanol–water partition coefficient (Wildman–Crippen LogP) is 0.213. The van der Waals surface area contributed by atoms with Crippen LogP contribution in [0.25, 0.3) is 0 Å². The number of hydrogen-bond acceptors (Lipinski definition) is 4. The molecule has 0 atom stereocenters. The van der Waals surface area contributed by atoms with Crippen molar-refractivity contribution in [3.05, 3.63) is 28.2 Å². The van der Waals surface area contributed by atoms with Crippen LogP contribution in [0.5, 0.6) is 5.75 Å². The first-order valence-corrected chi connectivity index (χ1v) is 8.14. The fourth-order valence-electron chi connectivity index (χ4n) is 2.18. The van der Waals surface area contributed by atoms with Crippen molar-refractivity contribution in [2.75, 3.05) is 39.5 Å². The van der Waals surface area contributed by atoms with E-state index in [2.05, 4.69) is 26.5 Å². The Bertz CT molecular complexity index is 531. The SMILES string of the molecule is CCOc1ccc(Br)cc1C=NNC(=O)C[NH+]1CCOCC1. The molecule has 2 N–H and O–H groups in total. The van der Waals surface area contributed by atoms with Crippen LogP contribution in [-0.2, 0) is 9.53 Å². The zero-order valence-electron chi connectivity index (χ0n) is 12.6. The van der Waals surface area contributed by atoms with Gasteiger partial charge in [-0.25, -0.2) is 5.43 Å². The Morgan fingerprint density at radius 1 is 1.50 bits per heavy atom. The number of rotatable bonds is 6. The van der Waals surface area contributed by atoms with Crippen molar-refractivity contribution in [3.63, 3.8) is 0 Å². The Morgan fingerprint density at radius 3 is 3.00 bits per heavy atom. The summed E-state index contributed by atoms with van der Waals surface area (Å²) in [5.74, 6) is 0.642. The van der Waals surface area contributed by atoms with E-state index < -0.39 is 0 Å². The molecule has 0 bridgehead atoms. The number of morpholine rings is 1. The third-order valence-electron chi connectivity index (χ3n) is 3.28. The van der Waals surface area contributed by atoms with Gasteiger partial charge in [0, 0.05) is 10.0 Å². The van der Waals surface area contributed by atoms with Crippen LogP contribution in [0.3, 0.4) is 0 Å². The lowest BCUT2D eigenvalue weighted by atomic mass is 10.2. The molecule has 0 aliphatic carbocycles. The Hall–Kier alpha value is -1.44. The number of hydrazone groups is 1. The largest absolute Gasteiger partial charge is 0.493 e. The quantitative estimate of drug-likeness (QED) is 0.555. The lowest BCUT2D eigenvalue weighted by Crippen LogP contribution is -3.15. The maximum atomic E-state index is 11.9. The van der Waals surface area contributed by atoms with Gasteiger partial charge in [0.2, 0.25) is 0 Å². The van der Waals surface area contributed by atoms with Crippen molar-refractivity contribution < 1.29 is 19.2 Å². The van der Waals surface area contributed by atoms with Crippen molar-refractivity contribution in [2.45, 2.75) is 6.92 Å². The van der Waals surface area contributed by atoms with Crippen molar-refractivity contribution in [3.8, 4) is 5.75 Å². The van der Waals surface area contributed by atoms with Crippen LogP contribution in [-0.4, -0.2) is 51.6 Å². The third-order valence-corrected chi connectivity index (χ3v) is 3.77. The molecule has 0 unspecified atom stereocenters. The van der Waals surface area contributed by atoms with Crippen LogP contribution in [0.4, 0.5) is 0 Å². The molecule has 22 heavy (non-hydrogen) atoms. The molecule has 0 aromatic heterocycles. The molecule has 1 aromatic rings. The topological polar surface area (TPSA) is 64.4 Å². The van der Waals surface area contributed by atoms with Gasteiger partial charge >= 0.3 is 0 Å². The Kier molecular flexibility index (Phi) is 6.82. The monoisotopic (exact) mass is 370 g/mol. The molecule has 7 heteroatoms. The average Bonchev–Trinajstić information content (AvgIpc) is 2.51. The molecule has 6 nitrogen and oxygen atoms in total. The number of nitrogens with zero attached hydrogens (tertiary/aromatic N) is 1. The lowest BCUT2D eigenvalue weighted by Gasteiger charge is -2.22. The standard InChI is InChI=1S/C15H20BrN3O3/c1-2-22-14-4-3-13(16)9-12(14)10-17-18-15(20)11-19-5-7-21-8-6-19/h3-4,9-10H,2,5-8,11H2,1H3,(H,18,20)/p+1. The third kappa shape index (κ3) is 5.40. The second kappa shape index (κ2) is 8.87. The highest BCUT2D eigenvalue weighted by Gasteiger charge is 2.17. The minimum Gasteiger partial charge on any atom is -0.493 e. The van der Waals surface area contributed by atoms with E-state index in [9.17, 15) is 4.79 Å². The van der Waals surface area contributed by atoms with Gasteiger partial charge in [0.05, 0.1) is 26.0 Å². The number of hydrogen-bond donors (Lipinski definition) is 2. The molecule has 1 fully saturated rings. The molecule has 1 heterocycles. The van der Waals surface area contributed by atoms with E-state index in [1.54, 1.807) is 6.21 Å². The molecule has 1 aromatic carbocycles. The number of nitrogens with one attached hydrogen (secondary N) is 2. The minimum atomic E-state index is -0.0962. The summed E-state index contributed by atoms with van der Waals surface area (Å²) in [4.78, 5) is 13.1. The Morgan fingerprint density at radius 2 is 2.27 bits per heavy atom. The highest BCUT2D eigenvalue weighted by atomic mass is 79.9. The van der Waals surface area contributed by atoms with Crippen LogP contribution < -0.4 is 15.1 Å². The molecule has 0 saturated carbocycles. The van der Waals surface area contributed by atoms with Crippen molar-refractivity contribution >= 4 is 28.1 Å². The summed E-state index contributed by atoms with van der Waals surface area (Å²) in [5, 5.41) is 4.02. The number of quaternary nitrogens is 1. The first kappa shape index (κ1) is 16.9. The fraction of sp³-hybridized carbons (Fsp3) is 0.467. The summed E-state index contributed by atoms with van der Waals surface area (Å²) in [7, 11) is 0. The van der Waals surface area contributed by atoms with E-state index >= 15 is 0 Å². The van der Waals surface area contributed by atoms with Gasteiger partial charge in [-0.1, -0.05) is 15.9 Å². The zero-order valence-corrected chi connectivity index (χ0v) is 14.2. The van der Waals surface area contributed by atoms with E-state index in [1.165, 1.54) is 4.90 Å². The van der Waals surface area contributed by atoms with E-state index in [1.807, 2.05) is 25.1 Å².